The molecule has 6 nitrogen and oxygen atoms in total. The van der Waals surface area contributed by atoms with Crippen molar-refractivity contribution in [2.45, 2.75) is 51.0 Å². The molecule has 1 atom stereocenters. The molecule has 2 saturated heterocycles. The van der Waals surface area contributed by atoms with E-state index in [1.54, 1.807) is 11.9 Å². The first-order chi connectivity index (χ1) is 12.4. The maximum Gasteiger partial charge on any atom is 0.247 e. The van der Waals surface area contributed by atoms with Gasteiger partial charge in [0.25, 0.3) is 0 Å². The van der Waals surface area contributed by atoms with Crippen LogP contribution in [-0.2, 0) is 14.4 Å². The van der Waals surface area contributed by atoms with Crippen LogP contribution in [0.1, 0.15) is 44.9 Å². The van der Waals surface area contributed by atoms with Gasteiger partial charge >= 0.3 is 0 Å². The zero-order valence-electron chi connectivity index (χ0n) is 15.7. The van der Waals surface area contributed by atoms with Crippen LogP contribution in [0.25, 0.3) is 0 Å². The Hall–Kier alpha value is -1.59. The van der Waals surface area contributed by atoms with E-state index in [1.165, 1.54) is 43.4 Å². The molecular weight excluding hydrogens is 330 g/mol. The number of rotatable bonds is 2. The molecule has 6 rings (SSSR count). The summed E-state index contributed by atoms with van der Waals surface area (Å²) in [5.41, 5.74) is 0.228. The van der Waals surface area contributed by atoms with Crippen molar-refractivity contribution in [3.63, 3.8) is 0 Å². The molecular formula is C20H29N3O3. The Labute approximate surface area is 154 Å². The third-order valence-corrected chi connectivity index (χ3v) is 7.78. The second-order valence-corrected chi connectivity index (χ2v) is 9.73. The van der Waals surface area contributed by atoms with E-state index in [9.17, 15) is 14.4 Å². The maximum atomic E-state index is 13.1. The number of amides is 3. The van der Waals surface area contributed by atoms with E-state index in [-0.39, 0.29) is 29.7 Å². The van der Waals surface area contributed by atoms with Crippen molar-refractivity contribution in [1.29, 1.82) is 0 Å². The highest BCUT2D eigenvalue weighted by atomic mass is 16.2. The average Bonchev–Trinajstić information content (AvgIpc) is 2.57. The molecule has 4 aliphatic carbocycles. The van der Waals surface area contributed by atoms with E-state index in [4.69, 9.17) is 0 Å². The Kier molecular flexibility index (Phi) is 3.63. The number of fused-ring (bicyclic) bond motifs is 1. The van der Waals surface area contributed by atoms with E-state index in [1.807, 2.05) is 4.90 Å². The van der Waals surface area contributed by atoms with Gasteiger partial charge in [0.15, 0.2) is 0 Å². The minimum absolute atomic E-state index is 0.00489. The van der Waals surface area contributed by atoms with Crippen LogP contribution in [0.15, 0.2) is 0 Å². The summed E-state index contributed by atoms with van der Waals surface area (Å²) in [6.07, 6.45) is 8.50. The number of carbonyl (C=O) groups is 3. The molecule has 0 unspecified atom stereocenters. The third-order valence-electron chi connectivity index (χ3n) is 7.78. The normalized spacial score (nSPS) is 41.7. The van der Waals surface area contributed by atoms with Crippen molar-refractivity contribution in [2.75, 3.05) is 33.2 Å². The molecule has 4 bridgehead atoms. The molecule has 0 N–H and O–H groups in total. The Morgan fingerprint density at radius 2 is 1.65 bits per heavy atom. The molecule has 0 spiro atoms. The molecule has 0 aromatic carbocycles. The highest BCUT2D eigenvalue weighted by molar-refractivity contribution is 5.95. The lowest BCUT2D eigenvalue weighted by molar-refractivity contribution is -0.161. The highest BCUT2D eigenvalue weighted by Crippen LogP contribution is 2.61. The quantitative estimate of drug-likeness (QED) is 0.742. The number of likely N-dealkylation sites (N-methyl/N-ethyl adjacent to an activating group) is 1. The lowest BCUT2D eigenvalue weighted by atomic mass is 9.49. The fourth-order valence-corrected chi connectivity index (χ4v) is 7.08. The molecule has 6 aliphatic rings. The van der Waals surface area contributed by atoms with Crippen LogP contribution in [0.5, 0.6) is 0 Å². The Morgan fingerprint density at radius 1 is 1.04 bits per heavy atom. The second kappa shape index (κ2) is 5.70. The van der Waals surface area contributed by atoms with Gasteiger partial charge in [-0.2, -0.15) is 0 Å². The highest BCUT2D eigenvalue weighted by Gasteiger charge is 2.52. The smallest absolute Gasteiger partial charge is 0.247 e. The van der Waals surface area contributed by atoms with E-state index in [0.717, 1.165) is 17.8 Å². The number of hydrogen-bond acceptors (Lipinski definition) is 3. The molecule has 6 heteroatoms. The summed E-state index contributed by atoms with van der Waals surface area (Å²) in [7, 11) is 1.67. The van der Waals surface area contributed by atoms with Crippen LogP contribution in [-0.4, -0.2) is 71.7 Å². The minimum atomic E-state index is -0.477. The van der Waals surface area contributed by atoms with Gasteiger partial charge in [-0.15, -0.1) is 0 Å². The SMILES string of the molecule is CN1CC(=O)N2CCN(C(=O)CC34CC5CC(CC(C5)C3)C4)C[C@H]2C1=O. The third kappa shape index (κ3) is 2.55. The summed E-state index contributed by atoms with van der Waals surface area (Å²) in [6, 6.07) is -0.477. The van der Waals surface area contributed by atoms with E-state index >= 15 is 0 Å². The summed E-state index contributed by atoms with van der Waals surface area (Å²) in [5, 5.41) is 0. The van der Waals surface area contributed by atoms with Crippen LogP contribution >= 0.6 is 0 Å². The summed E-state index contributed by atoms with van der Waals surface area (Å²) >= 11 is 0. The molecule has 0 aromatic heterocycles. The molecule has 6 fully saturated rings. The Balaban J connectivity index is 1.28. The van der Waals surface area contributed by atoms with Crippen molar-refractivity contribution < 1.29 is 14.4 Å². The number of nitrogens with zero attached hydrogens (tertiary/aromatic N) is 3. The van der Waals surface area contributed by atoms with Gasteiger partial charge in [-0.05, 0) is 61.7 Å². The van der Waals surface area contributed by atoms with Crippen molar-refractivity contribution in [1.82, 2.24) is 14.7 Å². The van der Waals surface area contributed by atoms with Crippen LogP contribution in [0.2, 0.25) is 0 Å². The lowest BCUT2D eigenvalue weighted by Gasteiger charge is -2.57. The number of piperazine rings is 2. The predicted octanol–water partition coefficient (Wildman–Crippen LogP) is 1.10. The second-order valence-electron chi connectivity index (χ2n) is 9.73. The minimum Gasteiger partial charge on any atom is -0.338 e. The molecule has 142 valence electrons. The summed E-state index contributed by atoms with van der Waals surface area (Å²) in [5.74, 6) is 2.72. The molecule has 0 radical (unpaired) electrons. The molecule has 3 amide bonds. The molecule has 2 aliphatic heterocycles. The van der Waals surface area contributed by atoms with Crippen LogP contribution in [0, 0.1) is 23.2 Å². The fourth-order valence-electron chi connectivity index (χ4n) is 7.08. The van der Waals surface area contributed by atoms with Gasteiger partial charge in [-0.3, -0.25) is 14.4 Å². The summed E-state index contributed by atoms with van der Waals surface area (Å²) in [6.45, 7) is 1.61. The van der Waals surface area contributed by atoms with Gasteiger partial charge < -0.3 is 14.7 Å². The van der Waals surface area contributed by atoms with Gasteiger partial charge in [0.05, 0.1) is 13.1 Å². The van der Waals surface area contributed by atoms with Crippen molar-refractivity contribution >= 4 is 17.7 Å². The van der Waals surface area contributed by atoms with E-state index < -0.39 is 6.04 Å². The van der Waals surface area contributed by atoms with Crippen LogP contribution in [0.3, 0.4) is 0 Å². The monoisotopic (exact) mass is 359 g/mol. The maximum absolute atomic E-state index is 13.1. The fraction of sp³-hybridized carbons (Fsp3) is 0.850. The topological polar surface area (TPSA) is 60.9 Å². The van der Waals surface area contributed by atoms with Gasteiger partial charge in [0.2, 0.25) is 17.7 Å². The van der Waals surface area contributed by atoms with Crippen LogP contribution in [0.4, 0.5) is 0 Å². The number of hydrogen-bond donors (Lipinski definition) is 0. The summed E-state index contributed by atoms with van der Waals surface area (Å²) in [4.78, 5) is 42.8. The standard InChI is InChI=1S/C20H29N3O3/c1-21-12-18(25)23-3-2-22(11-16(23)19(21)26)17(24)10-20-7-13-4-14(8-20)6-15(5-13)9-20/h13-16H,2-12H2,1H3/t13?,14?,15?,16-,20?/m0/s1. The molecule has 0 aromatic rings. The van der Waals surface area contributed by atoms with E-state index in [0.29, 0.717) is 26.1 Å². The lowest BCUT2D eigenvalue weighted by Crippen LogP contribution is -2.66. The number of carbonyl (C=O) groups excluding carboxylic acids is 3. The van der Waals surface area contributed by atoms with Gasteiger partial charge in [-0.25, -0.2) is 0 Å². The van der Waals surface area contributed by atoms with Crippen LogP contribution < -0.4 is 0 Å². The molecule has 26 heavy (non-hydrogen) atoms. The summed E-state index contributed by atoms with van der Waals surface area (Å²) < 4.78 is 0. The Morgan fingerprint density at radius 3 is 2.27 bits per heavy atom. The van der Waals surface area contributed by atoms with Crippen molar-refractivity contribution in [3.05, 3.63) is 0 Å². The largest absolute Gasteiger partial charge is 0.338 e. The first kappa shape index (κ1) is 16.6. The molecule has 2 heterocycles. The Bertz CT molecular complexity index is 625. The first-order valence-electron chi connectivity index (χ1n) is 10.2. The van der Waals surface area contributed by atoms with Crippen molar-refractivity contribution in [2.24, 2.45) is 23.2 Å². The first-order valence-corrected chi connectivity index (χ1v) is 10.2. The zero-order valence-corrected chi connectivity index (χ0v) is 15.7. The van der Waals surface area contributed by atoms with E-state index in [2.05, 4.69) is 0 Å². The predicted molar refractivity (Wildman–Crippen MR) is 94.9 cm³/mol. The van der Waals surface area contributed by atoms with Gasteiger partial charge in [0.1, 0.15) is 6.04 Å². The van der Waals surface area contributed by atoms with Crippen molar-refractivity contribution in [3.8, 4) is 0 Å². The van der Waals surface area contributed by atoms with Gasteiger partial charge in [-0.1, -0.05) is 0 Å². The zero-order chi connectivity index (χ0) is 18.1. The van der Waals surface area contributed by atoms with Gasteiger partial charge in [0, 0.05) is 26.6 Å². The average molecular weight is 359 g/mol. The molecule has 4 saturated carbocycles.